The molecule has 0 saturated heterocycles. The molecule has 92 heavy (non-hydrogen) atoms. The van der Waals surface area contributed by atoms with Crippen molar-refractivity contribution >= 4 is 23.9 Å². The average molecular weight is 1290 g/mol. The Morgan fingerprint density at radius 2 is 0.837 bits per heavy atom. The van der Waals surface area contributed by atoms with Crippen LogP contribution < -0.4 is 0 Å². The Kier molecular flexibility index (Phi) is 45.9. The van der Waals surface area contributed by atoms with Crippen molar-refractivity contribution in [3.05, 3.63) is 48.1 Å². The van der Waals surface area contributed by atoms with E-state index in [4.69, 9.17) is 23.7 Å². The van der Waals surface area contributed by atoms with Gasteiger partial charge in [0.05, 0.1) is 12.2 Å². The van der Waals surface area contributed by atoms with Gasteiger partial charge >= 0.3 is 23.9 Å². The lowest BCUT2D eigenvalue weighted by atomic mass is 9.47. The number of carbonyl (C=O) groups excluding carboxylic acids is 4. The van der Waals surface area contributed by atoms with Crippen LogP contribution in [0.1, 0.15) is 388 Å². The summed E-state index contributed by atoms with van der Waals surface area (Å²) in [6, 6.07) is 0. The van der Waals surface area contributed by atoms with E-state index < -0.39 is 6.10 Å². The lowest BCUT2D eigenvalue weighted by Crippen LogP contribution is -2.52. The van der Waals surface area contributed by atoms with E-state index in [0.29, 0.717) is 43.4 Å². The predicted octanol–water partition coefficient (Wildman–Crippen LogP) is 24.3. The van der Waals surface area contributed by atoms with E-state index >= 15 is 0 Å². The summed E-state index contributed by atoms with van der Waals surface area (Å²) in [5, 5.41) is 0. The highest BCUT2D eigenvalue weighted by Gasteiger charge is 2.60. The number of allylic oxidation sites excluding steroid dienone is 5. The number of fused-ring (bicyclic) bond motifs is 5. The van der Waals surface area contributed by atoms with Crippen LogP contribution in [0, 0.1) is 28.6 Å². The van der Waals surface area contributed by atoms with E-state index in [0.717, 1.165) is 128 Å². The van der Waals surface area contributed by atoms with Crippen LogP contribution in [0.25, 0.3) is 0 Å². The molecule has 3 saturated carbocycles. The fourth-order valence-electron chi connectivity index (χ4n) is 16.1. The van der Waals surface area contributed by atoms with Crippen LogP contribution in [0.15, 0.2) is 48.1 Å². The molecular formula is C83H144O9. The summed E-state index contributed by atoms with van der Waals surface area (Å²) in [6.07, 6.45) is 76.3. The second kappa shape index (κ2) is 52.0. The van der Waals surface area contributed by atoms with Gasteiger partial charge in [-0.15, -0.1) is 0 Å². The highest BCUT2D eigenvalue weighted by molar-refractivity contribution is 5.71. The zero-order valence-electron chi connectivity index (χ0n) is 60.9. The van der Waals surface area contributed by atoms with E-state index in [2.05, 4.69) is 84.1 Å². The van der Waals surface area contributed by atoms with Crippen molar-refractivity contribution in [1.29, 1.82) is 0 Å². The maximum absolute atomic E-state index is 13.1. The average Bonchev–Trinajstić information content (AvgIpc) is 1.33. The van der Waals surface area contributed by atoms with Crippen LogP contribution in [0.4, 0.5) is 0 Å². The van der Waals surface area contributed by atoms with Crippen LogP contribution in [0.2, 0.25) is 0 Å². The van der Waals surface area contributed by atoms with Gasteiger partial charge in [-0.3, -0.25) is 19.2 Å². The topological polar surface area (TPSA) is 114 Å². The summed E-state index contributed by atoms with van der Waals surface area (Å²) in [4.78, 5) is 51.9. The molecule has 0 aliphatic heterocycles. The third-order valence-electron chi connectivity index (χ3n) is 22.0. The molecule has 6 unspecified atom stereocenters. The quantitative estimate of drug-likeness (QED) is 0.0254. The first-order valence-electron chi connectivity index (χ1n) is 40.0. The van der Waals surface area contributed by atoms with E-state index in [1.54, 1.807) is 5.57 Å². The van der Waals surface area contributed by atoms with Gasteiger partial charge in [0, 0.05) is 31.1 Å². The standard InChI is InChI=1S/C83H144O9/c1-7-11-15-19-21-23-25-27-29-31-33-35-39-44-50-55-78(84)88-68-73(91-80(86)57-52-46-40-36-34-32-30-28-26-24-22-20-16-12-8-2)69-89-79(85)56-51-45-41-37-38-43-48-54-71(53-47-42-17-13-9-3)90-72-63-65-82(5)70(67-72)59-60-74-75-61-62-77(83(75,6)66-64-76(74)82)92-81(87)58-49-18-14-10-4/h28,30,47-48,53-54,67,71-77H,7-27,29,31-46,49-52,55-66,68-69H2,1-6H3/b30-28+,53-47+,54-48+/t71?,72?,73?,74-,75?,76?,77?,82-,83-/m0/s1. The third kappa shape index (κ3) is 34.6. The highest BCUT2D eigenvalue weighted by atomic mass is 16.6. The maximum Gasteiger partial charge on any atom is 0.306 e. The van der Waals surface area contributed by atoms with Crippen LogP contribution in [0.3, 0.4) is 0 Å². The third-order valence-corrected chi connectivity index (χ3v) is 22.0. The molecule has 4 aliphatic rings. The van der Waals surface area contributed by atoms with Crippen molar-refractivity contribution in [3.8, 4) is 0 Å². The first kappa shape index (κ1) is 81.2. The molecule has 0 N–H and O–H groups in total. The van der Waals surface area contributed by atoms with Gasteiger partial charge in [0.1, 0.15) is 19.3 Å². The monoisotopic (exact) mass is 1290 g/mol. The van der Waals surface area contributed by atoms with E-state index in [9.17, 15) is 19.2 Å². The predicted molar refractivity (Wildman–Crippen MR) is 385 cm³/mol. The summed E-state index contributed by atoms with van der Waals surface area (Å²) < 4.78 is 30.4. The fourth-order valence-corrected chi connectivity index (χ4v) is 16.1. The SMILES string of the molecule is CCCCC/C=C/C(/C=C/CCCCCCCC(=O)OCC(COC(=O)CCCCCCCCCCCCCCCCC)OC(=O)CCCCCCC/C=C/CCCCCCCC)OC1C=C2CC[C@H]3C4CCC(OC(=O)CCCCCC)[C@@]4(C)CCC3[C@@]2(C)CC1. The minimum Gasteiger partial charge on any atom is -0.462 e. The van der Waals surface area contributed by atoms with Crippen molar-refractivity contribution in [3.63, 3.8) is 0 Å². The van der Waals surface area contributed by atoms with Gasteiger partial charge < -0.3 is 23.7 Å². The normalized spacial score (nSPS) is 22.7. The van der Waals surface area contributed by atoms with Crippen LogP contribution in [-0.4, -0.2) is 61.5 Å². The van der Waals surface area contributed by atoms with Gasteiger partial charge in [0.15, 0.2) is 6.10 Å². The Morgan fingerprint density at radius 1 is 0.435 bits per heavy atom. The summed E-state index contributed by atoms with van der Waals surface area (Å²) in [7, 11) is 0. The van der Waals surface area contributed by atoms with Gasteiger partial charge in [-0.25, -0.2) is 0 Å². The Balaban J connectivity index is 1.14. The molecule has 0 aromatic carbocycles. The number of unbranched alkanes of at least 4 members (excludes halogenated alkanes) is 36. The number of carbonyl (C=O) groups is 4. The molecule has 0 aromatic heterocycles. The van der Waals surface area contributed by atoms with Gasteiger partial charge in [-0.1, -0.05) is 282 Å². The Morgan fingerprint density at radius 3 is 1.33 bits per heavy atom. The largest absolute Gasteiger partial charge is 0.462 e. The molecule has 9 atom stereocenters. The molecule has 9 heteroatoms. The molecule has 530 valence electrons. The van der Waals surface area contributed by atoms with E-state index in [1.165, 1.54) is 193 Å². The molecule has 0 aromatic rings. The van der Waals surface area contributed by atoms with E-state index in [1.807, 2.05) is 0 Å². The van der Waals surface area contributed by atoms with Crippen LogP contribution in [0.5, 0.6) is 0 Å². The van der Waals surface area contributed by atoms with Crippen molar-refractivity contribution in [2.24, 2.45) is 28.6 Å². The highest BCUT2D eigenvalue weighted by Crippen LogP contribution is 2.66. The molecule has 0 heterocycles. The Bertz CT molecular complexity index is 2020. The molecule has 0 radical (unpaired) electrons. The number of esters is 4. The number of hydrogen-bond acceptors (Lipinski definition) is 9. The first-order valence-corrected chi connectivity index (χ1v) is 40.0. The molecule has 0 amide bonds. The molecular weight excluding hydrogens is 1140 g/mol. The summed E-state index contributed by atoms with van der Waals surface area (Å²) in [5.74, 6) is 1.17. The van der Waals surface area contributed by atoms with Crippen molar-refractivity contribution in [1.82, 2.24) is 0 Å². The minimum atomic E-state index is -0.810. The lowest BCUT2D eigenvalue weighted by Gasteiger charge is -2.58. The Hall–Kier alpha value is -3.20. The smallest absolute Gasteiger partial charge is 0.306 e. The van der Waals surface area contributed by atoms with Gasteiger partial charge in [-0.2, -0.15) is 0 Å². The van der Waals surface area contributed by atoms with Crippen LogP contribution >= 0.6 is 0 Å². The minimum absolute atomic E-state index is 0.0312. The van der Waals surface area contributed by atoms with Crippen LogP contribution in [-0.2, 0) is 42.9 Å². The summed E-state index contributed by atoms with van der Waals surface area (Å²) >= 11 is 0. The summed E-state index contributed by atoms with van der Waals surface area (Å²) in [5.41, 5.74) is 1.97. The first-order chi connectivity index (χ1) is 45.0. The zero-order valence-corrected chi connectivity index (χ0v) is 60.9. The molecule has 3 fully saturated rings. The fraction of sp³-hybridized carbons (Fsp3) is 0.855. The van der Waals surface area contributed by atoms with Gasteiger partial charge in [0.2, 0.25) is 0 Å². The van der Waals surface area contributed by atoms with Crippen molar-refractivity contribution < 1.29 is 42.9 Å². The van der Waals surface area contributed by atoms with E-state index in [-0.39, 0.29) is 66.2 Å². The number of ether oxygens (including phenoxy) is 5. The summed E-state index contributed by atoms with van der Waals surface area (Å²) in [6.45, 7) is 13.9. The van der Waals surface area contributed by atoms with Gasteiger partial charge in [-0.05, 0) is 152 Å². The molecule has 0 bridgehead atoms. The van der Waals surface area contributed by atoms with Crippen molar-refractivity contribution in [2.75, 3.05) is 13.2 Å². The van der Waals surface area contributed by atoms with Crippen molar-refractivity contribution in [2.45, 2.75) is 413 Å². The lowest BCUT2D eigenvalue weighted by molar-refractivity contribution is -0.167. The number of rotatable bonds is 58. The molecule has 4 rings (SSSR count). The second-order valence-electron chi connectivity index (χ2n) is 29.8. The zero-order chi connectivity index (χ0) is 66.0. The molecule has 0 spiro atoms. The molecule has 9 nitrogen and oxygen atoms in total. The second-order valence-corrected chi connectivity index (χ2v) is 29.8. The van der Waals surface area contributed by atoms with Gasteiger partial charge in [0.25, 0.3) is 0 Å². The maximum atomic E-state index is 13.1. The number of hydrogen-bond donors (Lipinski definition) is 0. The molecule has 4 aliphatic carbocycles. The Labute approximate surface area is 566 Å².